The van der Waals surface area contributed by atoms with E-state index >= 15 is 0 Å². The van der Waals surface area contributed by atoms with Gasteiger partial charge in [0.25, 0.3) is 11.7 Å². The van der Waals surface area contributed by atoms with Gasteiger partial charge in [-0.3, -0.25) is 14.5 Å². The summed E-state index contributed by atoms with van der Waals surface area (Å²) in [6, 6.07) is 20.8. The molecular weight excluding hydrogens is 464 g/mol. The molecule has 1 saturated heterocycles. The summed E-state index contributed by atoms with van der Waals surface area (Å²) in [6.07, 6.45) is 5.00. The Bertz CT molecular complexity index is 1430. The zero-order chi connectivity index (χ0) is 25.9. The van der Waals surface area contributed by atoms with E-state index < -0.39 is 17.7 Å². The van der Waals surface area contributed by atoms with E-state index in [1.54, 1.807) is 24.3 Å². The number of benzene rings is 3. The maximum atomic E-state index is 13.5. The summed E-state index contributed by atoms with van der Waals surface area (Å²) in [5.41, 5.74) is 4.56. The highest BCUT2D eigenvalue weighted by molar-refractivity contribution is 6.51. The Kier molecular flexibility index (Phi) is 6.78. The average molecular weight is 493 g/mol. The van der Waals surface area contributed by atoms with Crippen LogP contribution < -0.4 is 9.64 Å². The first-order valence-electron chi connectivity index (χ1n) is 12.7. The Morgan fingerprint density at radius 3 is 2.51 bits per heavy atom. The highest BCUT2D eigenvalue weighted by Crippen LogP contribution is 2.43. The number of amides is 1. The van der Waals surface area contributed by atoms with Crippen molar-refractivity contribution >= 4 is 23.1 Å². The lowest BCUT2D eigenvalue weighted by Crippen LogP contribution is -2.29. The fourth-order valence-electron chi connectivity index (χ4n) is 5.14. The third kappa shape index (κ3) is 4.61. The van der Waals surface area contributed by atoms with Gasteiger partial charge in [0.15, 0.2) is 0 Å². The first kappa shape index (κ1) is 24.3. The van der Waals surface area contributed by atoms with Crippen LogP contribution in [0.15, 0.2) is 72.3 Å². The quantitative estimate of drug-likeness (QED) is 0.265. The van der Waals surface area contributed by atoms with Crippen molar-refractivity contribution in [3.63, 3.8) is 0 Å². The van der Waals surface area contributed by atoms with E-state index in [1.165, 1.54) is 16.0 Å². The Hall–Kier alpha value is -4.37. The molecule has 5 rings (SSSR count). The van der Waals surface area contributed by atoms with Crippen LogP contribution >= 0.6 is 0 Å². The van der Waals surface area contributed by atoms with Crippen LogP contribution in [-0.2, 0) is 22.4 Å². The molecule has 1 atom stereocenters. The summed E-state index contributed by atoms with van der Waals surface area (Å²) >= 11 is 0. The molecule has 1 unspecified atom stereocenters. The summed E-state index contributed by atoms with van der Waals surface area (Å²) in [5.74, 6) is -1.04. The van der Waals surface area contributed by atoms with E-state index in [1.807, 2.05) is 49.4 Å². The molecule has 1 amide bonds. The molecule has 1 aliphatic carbocycles. The Labute approximate surface area is 216 Å². The van der Waals surface area contributed by atoms with Gasteiger partial charge in [0.1, 0.15) is 11.5 Å². The Morgan fingerprint density at radius 2 is 1.78 bits per heavy atom. The topological polar surface area (TPSA) is 90.6 Å². The number of nitriles is 1. The third-order valence-electron chi connectivity index (χ3n) is 6.99. The van der Waals surface area contributed by atoms with E-state index in [0.29, 0.717) is 34.7 Å². The van der Waals surface area contributed by atoms with E-state index in [0.717, 1.165) is 32.1 Å². The van der Waals surface area contributed by atoms with Crippen molar-refractivity contribution in [2.45, 2.75) is 45.1 Å². The number of ketones is 1. The summed E-state index contributed by atoms with van der Waals surface area (Å²) in [6.45, 7) is 2.55. The minimum Gasteiger partial charge on any atom is -0.507 e. The lowest BCUT2D eigenvalue weighted by atomic mass is 9.88. The molecule has 0 radical (unpaired) electrons. The molecule has 1 aliphatic heterocycles. The lowest BCUT2D eigenvalue weighted by molar-refractivity contribution is -0.132. The maximum Gasteiger partial charge on any atom is 0.300 e. The standard InChI is InChI=1S/C31H28N2O4/c1-2-16-37-26-9-5-8-23(18-26)28-27(29(34)24-13-12-21-6-3-4-7-22(21)17-24)30(35)31(36)33(28)25-14-10-20(19-32)11-15-25/h5,8-15,17-18,28,34H,2-4,6-7,16H2,1H3/b29-27-. The summed E-state index contributed by atoms with van der Waals surface area (Å²) in [5, 5.41) is 20.7. The van der Waals surface area contributed by atoms with E-state index in [-0.39, 0.29) is 11.3 Å². The second-order valence-corrected chi connectivity index (χ2v) is 9.44. The van der Waals surface area contributed by atoms with Gasteiger partial charge in [0.05, 0.1) is 29.9 Å². The van der Waals surface area contributed by atoms with Crippen LogP contribution in [0.4, 0.5) is 5.69 Å². The van der Waals surface area contributed by atoms with Crippen LogP contribution in [0.25, 0.3) is 5.76 Å². The molecular formula is C31H28N2O4. The molecule has 0 bridgehead atoms. The number of aryl methyl sites for hydroxylation is 2. The number of aliphatic hydroxyl groups excluding tert-OH is 1. The molecule has 6 heteroatoms. The molecule has 0 spiro atoms. The number of aliphatic hydroxyl groups is 1. The number of rotatable bonds is 6. The molecule has 37 heavy (non-hydrogen) atoms. The average Bonchev–Trinajstić information content (AvgIpc) is 3.21. The van der Waals surface area contributed by atoms with Crippen molar-refractivity contribution in [1.82, 2.24) is 0 Å². The fourth-order valence-corrected chi connectivity index (χ4v) is 5.14. The number of fused-ring (bicyclic) bond motifs is 1. The van der Waals surface area contributed by atoms with Crippen LogP contribution in [0.3, 0.4) is 0 Å². The molecule has 1 N–H and O–H groups in total. The lowest BCUT2D eigenvalue weighted by Gasteiger charge is -2.26. The fraction of sp³-hybridized carbons (Fsp3) is 0.258. The van der Waals surface area contributed by atoms with E-state index in [2.05, 4.69) is 6.07 Å². The maximum absolute atomic E-state index is 13.5. The van der Waals surface area contributed by atoms with Crippen molar-refractivity contribution in [1.29, 1.82) is 5.26 Å². The second kappa shape index (κ2) is 10.3. The van der Waals surface area contributed by atoms with Crippen molar-refractivity contribution in [2.75, 3.05) is 11.5 Å². The number of hydrogen-bond donors (Lipinski definition) is 1. The molecule has 0 saturated carbocycles. The molecule has 3 aromatic carbocycles. The van der Waals surface area contributed by atoms with Gasteiger partial charge in [0, 0.05) is 11.3 Å². The zero-order valence-electron chi connectivity index (χ0n) is 20.7. The van der Waals surface area contributed by atoms with Gasteiger partial charge in [-0.25, -0.2) is 0 Å². The second-order valence-electron chi connectivity index (χ2n) is 9.44. The SMILES string of the molecule is CCCOc1cccc(C2/C(=C(/O)c3ccc4c(c3)CCCC4)C(=O)C(=O)N2c2ccc(C#N)cc2)c1. The third-order valence-corrected chi connectivity index (χ3v) is 6.99. The van der Waals surface area contributed by atoms with Gasteiger partial charge in [-0.05, 0) is 91.3 Å². The number of hydrogen-bond acceptors (Lipinski definition) is 5. The van der Waals surface area contributed by atoms with Crippen molar-refractivity contribution in [2.24, 2.45) is 0 Å². The zero-order valence-corrected chi connectivity index (χ0v) is 20.7. The van der Waals surface area contributed by atoms with Gasteiger partial charge in [-0.1, -0.05) is 31.2 Å². The van der Waals surface area contributed by atoms with Crippen LogP contribution in [0.1, 0.15) is 60.0 Å². The minimum atomic E-state index is -0.853. The number of Topliss-reactive ketones (excluding diaryl/α,β-unsaturated/α-hetero) is 1. The molecule has 6 nitrogen and oxygen atoms in total. The van der Waals surface area contributed by atoms with Gasteiger partial charge in [-0.15, -0.1) is 0 Å². The van der Waals surface area contributed by atoms with E-state index in [9.17, 15) is 20.0 Å². The van der Waals surface area contributed by atoms with Crippen LogP contribution in [0.2, 0.25) is 0 Å². The summed E-state index contributed by atoms with van der Waals surface area (Å²) < 4.78 is 5.82. The summed E-state index contributed by atoms with van der Waals surface area (Å²) in [4.78, 5) is 28.3. The van der Waals surface area contributed by atoms with E-state index in [4.69, 9.17) is 4.74 Å². The first-order valence-corrected chi connectivity index (χ1v) is 12.7. The van der Waals surface area contributed by atoms with Gasteiger partial charge in [-0.2, -0.15) is 5.26 Å². The molecule has 1 fully saturated rings. The number of carbonyl (C=O) groups excluding carboxylic acids is 2. The number of nitrogens with zero attached hydrogens (tertiary/aromatic N) is 2. The van der Waals surface area contributed by atoms with Crippen molar-refractivity contribution < 1.29 is 19.4 Å². The highest BCUT2D eigenvalue weighted by atomic mass is 16.5. The number of anilines is 1. The molecule has 2 aliphatic rings. The molecule has 0 aromatic heterocycles. The van der Waals surface area contributed by atoms with Gasteiger partial charge < -0.3 is 9.84 Å². The summed E-state index contributed by atoms with van der Waals surface area (Å²) in [7, 11) is 0. The molecule has 186 valence electrons. The Balaban J connectivity index is 1.67. The largest absolute Gasteiger partial charge is 0.507 e. The monoisotopic (exact) mass is 492 g/mol. The van der Waals surface area contributed by atoms with Crippen LogP contribution in [0.5, 0.6) is 5.75 Å². The normalized spacial score (nSPS) is 18.4. The van der Waals surface area contributed by atoms with Crippen molar-refractivity contribution in [3.05, 3.63) is 100 Å². The van der Waals surface area contributed by atoms with Gasteiger partial charge in [0.2, 0.25) is 0 Å². The number of carbonyl (C=O) groups is 2. The van der Waals surface area contributed by atoms with Gasteiger partial charge >= 0.3 is 0 Å². The number of ether oxygens (including phenoxy) is 1. The van der Waals surface area contributed by atoms with Crippen LogP contribution in [0, 0.1) is 11.3 Å². The van der Waals surface area contributed by atoms with Crippen molar-refractivity contribution in [3.8, 4) is 11.8 Å². The molecule has 3 aromatic rings. The Morgan fingerprint density at radius 1 is 1.03 bits per heavy atom. The molecule has 1 heterocycles. The van der Waals surface area contributed by atoms with Crippen LogP contribution in [-0.4, -0.2) is 23.4 Å². The first-order chi connectivity index (χ1) is 18.0. The predicted molar refractivity (Wildman–Crippen MR) is 141 cm³/mol. The smallest absolute Gasteiger partial charge is 0.300 e. The highest BCUT2D eigenvalue weighted by Gasteiger charge is 2.47. The minimum absolute atomic E-state index is 0.0396. The predicted octanol–water partition coefficient (Wildman–Crippen LogP) is 5.85.